The molecule has 0 spiro atoms. The molecule has 10 heteroatoms. The van der Waals surface area contributed by atoms with E-state index in [9.17, 15) is 13.2 Å². The largest absolute Gasteiger partial charge is 0.354 e. The van der Waals surface area contributed by atoms with Gasteiger partial charge in [-0.05, 0) is 48.8 Å². The number of pyridine rings is 1. The van der Waals surface area contributed by atoms with Crippen LogP contribution >= 0.6 is 35.0 Å². The van der Waals surface area contributed by atoms with Crippen LogP contribution < -0.4 is 10.0 Å². The first-order valence-electron chi connectivity index (χ1n) is 8.47. The van der Waals surface area contributed by atoms with Gasteiger partial charge in [-0.3, -0.25) is 9.78 Å². The number of amides is 1. The molecule has 6 nitrogen and oxygen atoms in total. The predicted octanol–water partition coefficient (Wildman–Crippen LogP) is 3.15. The van der Waals surface area contributed by atoms with Crippen molar-refractivity contribution < 1.29 is 13.2 Å². The van der Waals surface area contributed by atoms with Crippen molar-refractivity contribution in [3.05, 3.63) is 58.3 Å². The number of nitrogens with one attached hydrogen (secondary N) is 2. The van der Waals surface area contributed by atoms with E-state index < -0.39 is 16.1 Å². The Hall–Kier alpha value is -1.32. The van der Waals surface area contributed by atoms with Gasteiger partial charge in [0.05, 0.1) is 14.9 Å². The third-order valence-corrected chi connectivity index (χ3v) is 6.68. The smallest absolute Gasteiger partial charge is 0.241 e. The van der Waals surface area contributed by atoms with E-state index in [2.05, 4.69) is 15.0 Å². The molecule has 0 aliphatic rings. The lowest BCUT2D eigenvalue weighted by atomic mass is 10.2. The first kappa shape index (κ1) is 23.0. The zero-order chi connectivity index (χ0) is 20.6. The summed E-state index contributed by atoms with van der Waals surface area (Å²) in [6, 6.07) is 8.68. The molecular weight excluding hydrogens is 441 g/mol. The topological polar surface area (TPSA) is 88.2 Å². The van der Waals surface area contributed by atoms with Crippen LogP contribution in [0, 0.1) is 0 Å². The van der Waals surface area contributed by atoms with Crippen LogP contribution in [0.1, 0.15) is 12.1 Å². The number of hydrogen-bond donors (Lipinski definition) is 2. The second-order valence-corrected chi connectivity index (χ2v) is 9.41. The molecule has 1 amide bonds. The molecular formula is C18H21Cl2N3O3S2. The van der Waals surface area contributed by atoms with Crippen molar-refractivity contribution in [2.24, 2.45) is 0 Å². The Morgan fingerprint density at radius 1 is 1.21 bits per heavy atom. The molecule has 2 aromatic rings. The van der Waals surface area contributed by atoms with Crippen LogP contribution in [0.15, 0.2) is 47.5 Å². The highest BCUT2D eigenvalue weighted by Gasteiger charge is 2.25. The van der Waals surface area contributed by atoms with Crippen LogP contribution in [0.25, 0.3) is 0 Å². The van der Waals surface area contributed by atoms with Crippen LogP contribution in [0.3, 0.4) is 0 Å². The summed E-state index contributed by atoms with van der Waals surface area (Å²) in [5.41, 5.74) is 0.847. The fourth-order valence-electron chi connectivity index (χ4n) is 2.36. The van der Waals surface area contributed by atoms with Gasteiger partial charge < -0.3 is 5.32 Å². The van der Waals surface area contributed by atoms with Crippen molar-refractivity contribution >= 4 is 50.9 Å². The van der Waals surface area contributed by atoms with E-state index in [1.165, 1.54) is 30.0 Å². The van der Waals surface area contributed by atoms with Gasteiger partial charge in [-0.25, -0.2) is 8.42 Å². The van der Waals surface area contributed by atoms with Crippen LogP contribution in [0.2, 0.25) is 10.0 Å². The molecule has 1 aromatic heterocycles. The van der Waals surface area contributed by atoms with Gasteiger partial charge in [0, 0.05) is 24.9 Å². The van der Waals surface area contributed by atoms with Gasteiger partial charge >= 0.3 is 0 Å². The number of carbonyl (C=O) groups is 1. The lowest BCUT2D eigenvalue weighted by Crippen LogP contribution is -2.47. The summed E-state index contributed by atoms with van der Waals surface area (Å²) in [5, 5.41) is 3.16. The summed E-state index contributed by atoms with van der Waals surface area (Å²) in [5.74, 6) is 0.246. The summed E-state index contributed by atoms with van der Waals surface area (Å²) in [6.45, 7) is 0.361. The van der Waals surface area contributed by atoms with Crippen molar-refractivity contribution in [2.75, 3.05) is 18.6 Å². The van der Waals surface area contributed by atoms with Crippen LogP contribution in [0.4, 0.5) is 0 Å². The van der Waals surface area contributed by atoms with Gasteiger partial charge in [-0.2, -0.15) is 16.5 Å². The van der Waals surface area contributed by atoms with Gasteiger partial charge in [0.2, 0.25) is 15.9 Å². The van der Waals surface area contributed by atoms with Gasteiger partial charge in [0.1, 0.15) is 6.04 Å². The molecule has 0 aliphatic carbocycles. The number of carbonyl (C=O) groups excluding carboxylic acids is 1. The number of hydrogen-bond acceptors (Lipinski definition) is 5. The summed E-state index contributed by atoms with van der Waals surface area (Å²) < 4.78 is 27.8. The Morgan fingerprint density at radius 3 is 2.64 bits per heavy atom. The summed E-state index contributed by atoms with van der Waals surface area (Å²) in [7, 11) is -3.93. The van der Waals surface area contributed by atoms with Crippen molar-refractivity contribution in [2.45, 2.75) is 23.8 Å². The fraction of sp³-hybridized carbons (Fsp3) is 0.333. The highest BCUT2D eigenvalue weighted by atomic mass is 35.5. The number of rotatable bonds is 10. The molecule has 2 rings (SSSR count). The lowest BCUT2D eigenvalue weighted by Gasteiger charge is -2.18. The second kappa shape index (κ2) is 11.0. The molecule has 28 heavy (non-hydrogen) atoms. The molecule has 0 saturated carbocycles. The third-order valence-electron chi connectivity index (χ3n) is 3.83. The molecule has 0 saturated heterocycles. The Balaban J connectivity index is 2.04. The van der Waals surface area contributed by atoms with Crippen molar-refractivity contribution in [1.29, 1.82) is 0 Å². The zero-order valence-corrected chi connectivity index (χ0v) is 18.3. The molecule has 0 radical (unpaired) electrons. The van der Waals surface area contributed by atoms with Crippen LogP contribution in [0.5, 0.6) is 0 Å². The first-order valence-corrected chi connectivity index (χ1v) is 12.1. The summed E-state index contributed by atoms with van der Waals surface area (Å²) >= 11 is 13.3. The standard InChI is InChI=1S/C18H21Cl2N3O3S2/c1-27-11-8-17(18(24)22-10-7-13-4-2-3-9-21-13)23-28(25,26)14-5-6-15(19)16(20)12-14/h2-6,9,12,17,23H,7-8,10-11H2,1H3,(H,22,24)/t17-/m0/s1. The van der Waals surface area contributed by atoms with E-state index in [0.29, 0.717) is 25.1 Å². The molecule has 0 unspecified atom stereocenters. The Bertz CT molecular complexity index is 896. The number of benzene rings is 1. The van der Waals surface area contributed by atoms with E-state index in [1.807, 2.05) is 24.5 Å². The molecule has 0 fully saturated rings. The average molecular weight is 462 g/mol. The minimum atomic E-state index is -3.93. The Labute approximate surface area is 179 Å². The summed E-state index contributed by atoms with van der Waals surface area (Å²) in [4.78, 5) is 16.7. The molecule has 2 N–H and O–H groups in total. The number of thioether (sulfide) groups is 1. The van der Waals surface area contributed by atoms with Crippen molar-refractivity contribution in [3.63, 3.8) is 0 Å². The lowest BCUT2D eigenvalue weighted by molar-refractivity contribution is -0.122. The molecule has 152 valence electrons. The summed E-state index contributed by atoms with van der Waals surface area (Å²) in [6.07, 6.45) is 4.49. The van der Waals surface area contributed by atoms with E-state index in [-0.39, 0.29) is 20.8 Å². The molecule has 1 heterocycles. The maximum absolute atomic E-state index is 12.7. The monoisotopic (exact) mass is 461 g/mol. The number of sulfonamides is 1. The van der Waals surface area contributed by atoms with Gasteiger partial charge in [0.15, 0.2) is 0 Å². The SMILES string of the molecule is CSCC[C@H](NS(=O)(=O)c1ccc(Cl)c(Cl)c1)C(=O)NCCc1ccccn1. The second-order valence-electron chi connectivity index (χ2n) is 5.89. The quantitative estimate of drug-likeness (QED) is 0.567. The first-order chi connectivity index (χ1) is 13.3. The van der Waals surface area contributed by atoms with E-state index >= 15 is 0 Å². The average Bonchev–Trinajstić information content (AvgIpc) is 2.67. The maximum Gasteiger partial charge on any atom is 0.241 e. The van der Waals surface area contributed by atoms with Crippen LogP contribution in [-0.4, -0.2) is 43.9 Å². The maximum atomic E-state index is 12.7. The molecule has 0 bridgehead atoms. The molecule has 1 atom stereocenters. The molecule has 1 aromatic carbocycles. The van der Waals surface area contributed by atoms with E-state index in [4.69, 9.17) is 23.2 Å². The zero-order valence-electron chi connectivity index (χ0n) is 15.2. The number of nitrogens with zero attached hydrogens (tertiary/aromatic N) is 1. The van der Waals surface area contributed by atoms with Gasteiger partial charge in [0.25, 0.3) is 0 Å². The Morgan fingerprint density at radius 2 is 2.00 bits per heavy atom. The number of aromatic nitrogens is 1. The van der Waals surface area contributed by atoms with Gasteiger partial charge in [-0.1, -0.05) is 29.3 Å². The van der Waals surface area contributed by atoms with E-state index in [0.717, 1.165) is 5.69 Å². The van der Waals surface area contributed by atoms with Crippen LogP contribution in [-0.2, 0) is 21.2 Å². The third kappa shape index (κ3) is 6.93. The minimum absolute atomic E-state index is 0.0441. The normalized spacial score (nSPS) is 12.5. The number of halogens is 2. The van der Waals surface area contributed by atoms with E-state index in [1.54, 1.807) is 6.20 Å². The highest BCUT2D eigenvalue weighted by molar-refractivity contribution is 7.98. The highest BCUT2D eigenvalue weighted by Crippen LogP contribution is 2.25. The Kier molecular flexibility index (Phi) is 9.04. The van der Waals surface area contributed by atoms with Crippen molar-refractivity contribution in [3.8, 4) is 0 Å². The minimum Gasteiger partial charge on any atom is -0.354 e. The van der Waals surface area contributed by atoms with Crippen molar-refractivity contribution in [1.82, 2.24) is 15.0 Å². The predicted molar refractivity (Wildman–Crippen MR) is 115 cm³/mol. The fourth-order valence-corrected chi connectivity index (χ4v) is 4.45. The van der Waals surface area contributed by atoms with Gasteiger partial charge in [-0.15, -0.1) is 0 Å². The molecule has 0 aliphatic heterocycles.